The smallest absolute Gasteiger partial charge is 0.0304 e. The molecule has 2 nitrogen and oxygen atoms in total. The number of rotatable bonds is 5. The molecule has 0 aromatic carbocycles. The van der Waals surface area contributed by atoms with E-state index in [9.17, 15) is 0 Å². The molecule has 0 heterocycles. The van der Waals surface area contributed by atoms with Crippen LogP contribution in [0.15, 0.2) is 0 Å². The molecule has 76 valence electrons. The first kappa shape index (κ1) is 9.47. The molecular formula is C11H22N2. The third kappa shape index (κ3) is 2.05. The lowest BCUT2D eigenvalue weighted by atomic mass is 9.76. The van der Waals surface area contributed by atoms with Crippen LogP contribution in [0.2, 0.25) is 0 Å². The standard InChI is InChI=1S/C11H22N2/c12-9-11(6-2-7-11)13-8-5-10-3-1-4-10/h10,13H,1-9,12H2. The van der Waals surface area contributed by atoms with Crippen molar-refractivity contribution in [1.82, 2.24) is 5.32 Å². The zero-order valence-corrected chi connectivity index (χ0v) is 8.52. The Balaban J connectivity index is 1.60. The second kappa shape index (κ2) is 3.97. The minimum Gasteiger partial charge on any atom is -0.329 e. The van der Waals surface area contributed by atoms with E-state index < -0.39 is 0 Å². The van der Waals surface area contributed by atoms with Crippen molar-refractivity contribution in [1.29, 1.82) is 0 Å². The monoisotopic (exact) mass is 182 g/mol. The van der Waals surface area contributed by atoms with Gasteiger partial charge in [-0.25, -0.2) is 0 Å². The first-order valence-corrected chi connectivity index (χ1v) is 5.80. The molecule has 0 radical (unpaired) electrons. The molecule has 0 spiro atoms. The van der Waals surface area contributed by atoms with Gasteiger partial charge in [0.25, 0.3) is 0 Å². The molecule has 2 saturated carbocycles. The lowest BCUT2D eigenvalue weighted by Gasteiger charge is -2.42. The van der Waals surface area contributed by atoms with Crippen LogP contribution < -0.4 is 11.1 Å². The van der Waals surface area contributed by atoms with Gasteiger partial charge in [-0.05, 0) is 38.1 Å². The molecule has 0 amide bonds. The summed E-state index contributed by atoms with van der Waals surface area (Å²) < 4.78 is 0. The number of nitrogens with one attached hydrogen (secondary N) is 1. The summed E-state index contributed by atoms with van der Waals surface area (Å²) in [5.41, 5.74) is 6.12. The van der Waals surface area contributed by atoms with Crippen LogP contribution in [-0.2, 0) is 0 Å². The number of hydrogen-bond acceptors (Lipinski definition) is 2. The topological polar surface area (TPSA) is 38.0 Å². The quantitative estimate of drug-likeness (QED) is 0.678. The van der Waals surface area contributed by atoms with Gasteiger partial charge in [0.15, 0.2) is 0 Å². The van der Waals surface area contributed by atoms with Crippen LogP contribution in [0.25, 0.3) is 0 Å². The van der Waals surface area contributed by atoms with Crippen molar-refractivity contribution >= 4 is 0 Å². The fraction of sp³-hybridized carbons (Fsp3) is 1.00. The van der Waals surface area contributed by atoms with E-state index in [1.165, 1.54) is 51.5 Å². The Kier molecular flexibility index (Phi) is 2.89. The number of nitrogens with two attached hydrogens (primary N) is 1. The zero-order chi connectivity index (χ0) is 9.15. The van der Waals surface area contributed by atoms with E-state index in [0.29, 0.717) is 5.54 Å². The van der Waals surface area contributed by atoms with Crippen LogP contribution in [0.1, 0.15) is 44.9 Å². The Bertz CT molecular complexity index is 154. The Hall–Kier alpha value is -0.0800. The van der Waals surface area contributed by atoms with Gasteiger partial charge in [0, 0.05) is 12.1 Å². The lowest BCUT2D eigenvalue weighted by Crippen LogP contribution is -2.56. The summed E-state index contributed by atoms with van der Waals surface area (Å²) in [7, 11) is 0. The average molecular weight is 182 g/mol. The highest BCUT2D eigenvalue weighted by atomic mass is 15.0. The Morgan fingerprint density at radius 1 is 1.23 bits per heavy atom. The van der Waals surface area contributed by atoms with E-state index in [0.717, 1.165) is 12.5 Å². The van der Waals surface area contributed by atoms with Gasteiger partial charge in [0.05, 0.1) is 0 Å². The predicted molar refractivity (Wildman–Crippen MR) is 55.6 cm³/mol. The lowest BCUT2D eigenvalue weighted by molar-refractivity contribution is 0.181. The van der Waals surface area contributed by atoms with E-state index in [1.807, 2.05) is 0 Å². The van der Waals surface area contributed by atoms with Crippen molar-refractivity contribution in [3.05, 3.63) is 0 Å². The molecule has 2 fully saturated rings. The summed E-state index contributed by atoms with van der Waals surface area (Å²) in [6, 6.07) is 0. The van der Waals surface area contributed by atoms with Gasteiger partial charge in [-0.2, -0.15) is 0 Å². The Morgan fingerprint density at radius 2 is 2.00 bits per heavy atom. The molecule has 0 bridgehead atoms. The maximum absolute atomic E-state index is 5.77. The fourth-order valence-corrected chi connectivity index (χ4v) is 2.38. The van der Waals surface area contributed by atoms with Crippen LogP contribution in [0.5, 0.6) is 0 Å². The van der Waals surface area contributed by atoms with Crippen molar-refractivity contribution in [3.63, 3.8) is 0 Å². The van der Waals surface area contributed by atoms with Gasteiger partial charge >= 0.3 is 0 Å². The van der Waals surface area contributed by atoms with Gasteiger partial charge in [0.1, 0.15) is 0 Å². The SMILES string of the molecule is NCC1(NCCC2CCC2)CCC1. The second-order valence-electron chi connectivity index (χ2n) is 4.85. The Morgan fingerprint density at radius 3 is 2.38 bits per heavy atom. The molecule has 2 aliphatic carbocycles. The van der Waals surface area contributed by atoms with E-state index in [-0.39, 0.29) is 0 Å². The molecular weight excluding hydrogens is 160 g/mol. The molecule has 0 saturated heterocycles. The summed E-state index contributed by atoms with van der Waals surface area (Å²) in [5, 5.41) is 3.66. The zero-order valence-electron chi connectivity index (χ0n) is 8.52. The number of hydrogen-bond donors (Lipinski definition) is 2. The molecule has 3 N–H and O–H groups in total. The maximum Gasteiger partial charge on any atom is 0.0304 e. The van der Waals surface area contributed by atoms with E-state index in [2.05, 4.69) is 5.32 Å². The minimum absolute atomic E-state index is 0.351. The Labute approximate surface area is 81.3 Å². The van der Waals surface area contributed by atoms with Gasteiger partial charge in [-0.15, -0.1) is 0 Å². The average Bonchev–Trinajstić information content (AvgIpc) is 1.99. The van der Waals surface area contributed by atoms with Crippen LogP contribution in [0, 0.1) is 5.92 Å². The van der Waals surface area contributed by atoms with Crippen molar-refractivity contribution in [2.75, 3.05) is 13.1 Å². The molecule has 2 aliphatic rings. The van der Waals surface area contributed by atoms with Crippen LogP contribution >= 0.6 is 0 Å². The molecule has 0 unspecified atom stereocenters. The maximum atomic E-state index is 5.77. The second-order valence-corrected chi connectivity index (χ2v) is 4.85. The van der Waals surface area contributed by atoms with Gasteiger partial charge in [0.2, 0.25) is 0 Å². The summed E-state index contributed by atoms with van der Waals surface area (Å²) in [6.45, 7) is 2.03. The van der Waals surface area contributed by atoms with Crippen LogP contribution in [0.4, 0.5) is 0 Å². The van der Waals surface area contributed by atoms with E-state index in [1.54, 1.807) is 0 Å². The van der Waals surface area contributed by atoms with Crippen LogP contribution in [-0.4, -0.2) is 18.6 Å². The van der Waals surface area contributed by atoms with Crippen molar-refractivity contribution in [3.8, 4) is 0 Å². The summed E-state index contributed by atoms with van der Waals surface area (Å²) >= 11 is 0. The predicted octanol–water partition coefficient (Wildman–Crippen LogP) is 1.65. The summed E-state index contributed by atoms with van der Waals surface area (Å²) in [4.78, 5) is 0. The van der Waals surface area contributed by atoms with Crippen LogP contribution in [0.3, 0.4) is 0 Å². The van der Waals surface area contributed by atoms with Crippen molar-refractivity contribution in [2.45, 2.75) is 50.5 Å². The minimum atomic E-state index is 0.351. The largest absolute Gasteiger partial charge is 0.329 e. The van der Waals surface area contributed by atoms with E-state index >= 15 is 0 Å². The normalized spacial score (nSPS) is 26.5. The summed E-state index contributed by atoms with van der Waals surface area (Å²) in [6.07, 6.45) is 9.75. The van der Waals surface area contributed by atoms with Crippen molar-refractivity contribution < 1.29 is 0 Å². The molecule has 0 aliphatic heterocycles. The molecule has 13 heavy (non-hydrogen) atoms. The van der Waals surface area contributed by atoms with E-state index in [4.69, 9.17) is 5.73 Å². The third-order valence-electron chi connectivity index (χ3n) is 3.98. The molecule has 0 aromatic rings. The molecule has 0 atom stereocenters. The van der Waals surface area contributed by atoms with Gasteiger partial charge < -0.3 is 11.1 Å². The van der Waals surface area contributed by atoms with Crippen molar-refractivity contribution in [2.24, 2.45) is 11.7 Å². The first-order valence-electron chi connectivity index (χ1n) is 5.80. The fourth-order valence-electron chi connectivity index (χ4n) is 2.38. The molecule has 2 rings (SSSR count). The highest BCUT2D eigenvalue weighted by Gasteiger charge is 2.34. The molecule has 2 heteroatoms. The van der Waals surface area contributed by atoms with Gasteiger partial charge in [-0.3, -0.25) is 0 Å². The third-order valence-corrected chi connectivity index (χ3v) is 3.98. The first-order chi connectivity index (χ1) is 6.35. The van der Waals surface area contributed by atoms with Gasteiger partial charge in [-0.1, -0.05) is 19.3 Å². The highest BCUT2D eigenvalue weighted by Crippen LogP contribution is 2.32. The molecule has 0 aromatic heterocycles. The summed E-state index contributed by atoms with van der Waals surface area (Å²) in [5.74, 6) is 1.03. The highest BCUT2D eigenvalue weighted by molar-refractivity contribution is 4.96.